The lowest BCUT2D eigenvalue weighted by Gasteiger charge is -2.12. The number of para-hydroxylation sites is 1. The van der Waals surface area contributed by atoms with Crippen molar-refractivity contribution in [3.8, 4) is 17.3 Å². The number of hydrogen-bond acceptors (Lipinski definition) is 6. The Morgan fingerprint density at radius 2 is 1.81 bits per heavy atom. The summed E-state index contributed by atoms with van der Waals surface area (Å²) in [5.74, 6) is 2.04. The summed E-state index contributed by atoms with van der Waals surface area (Å²) >= 11 is 0. The summed E-state index contributed by atoms with van der Waals surface area (Å²) in [5, 5.41) is 3.33. The van der Waals surface area contributed by atoms with Crippen LogP contribution >= 0.6 is 0 Å². The molecule has 1 N–H and O–H groups in total. The molecule has 0 aliphatic heterocycles. The number of hydrogen-bond donors (Lipinski definition) is 1. The summed E-state index contributed by atoms with van der Waals surface area (Å²) in [4.78, 5) is 18.0. The number of aromatic nitrogens is 5. The van der Waals surface area contributed by atoms with Gasteiger partial charge in [-0.25, -0.2) is 19.9 Å². The summed E-state index contributed by atoms with van der Waals surface area (Å²) in [6, 6.07) is 13.8. The highest BCUT2D eigenvalue weighted by Gasteiger charge is 2.19. The van der Waals surface area contributed by atoms with Crippen molar-refractivity contribution < 1.29 is 4.74 Å². The maximum atomic E-state index is 5.16. The first kappa shape index (κ1) is 17.0. The third-order valence-electron chi connectivity index (χ3n) is 4.23. The quantitative estimate of drug-likeness (QED) is 0.574. The van der Waals surface area contributed by atoms with E-state index < -0.39 is 0 Å². The molecule has 0 aliphatic rings. The van der Waals surface area contributed by atoms with Crippen LogP contribution in [0.2, 0.25) is 0 Å². The third-order valence-corrected chi connectivity index (χ3v) is 4.23. The van der Waals surface area contributed by atoms with Gasteiger partial charge in [-0.3, -0.25) is 0 Å². The second-order valence-corrected chi connectivity index (χ2v) is 6.37. The lowest BCUT2D eigenvalue weighted by molar-refractivity contribution is 0.398. The third kappa shape index (κ3) is 3.19. The molecule has 3 aromatic heterocycles. The zero-order chi connectivity index (χ0) is 18.8. The normalized spacial score (nSPS) is 11.1. The van der Waals surface area contributed by atoms with Crippen LogP contribution in [-0.2, 0) is 0 Å². The molecule has 0 aliphatic carbocycles. The van der Waals surface area contributed by atoms with E-state index in [9.17, 15) is 0 Å². The number of anilines is 2. The molecule has 0 bridgehead atoms. The summed E-state index contributed by atoms with van der Waals surface area (Å²) in [6.45, 7) is 4.21. The van der Waals surface area contributed by atoms with Crippen LogP contribution in [0.5, 0.6) is 5.88 Å². The standard InChI is InChI=1S/C20H20N6O/c1-13(2)26-19(14-9-10-16(27-3)21-11-14)25-17-18(22-12-23-20(17)26)24-15-7-5-4-6-8-15/h4-13H,1-3H3,(H,22,23,24). The molecule has 0 spiro atoms. The lowest BCUT2D eigenvalue weighted by atomic mass is 10.2. The van der Waals surface area contributed by atoms with Crippen molar-refractivity contribution in [2.45, 2.75) is 19.9 Å². The zero-order valence-corrected chi connectivity index (χ0v) is 15.4. The molecule has 0 atom stereocenters. The van der Waals surface area contributed by atoms with Gasteiger partial charge in [0, 0.05) is 29.6 Å². The van der Waals surface area contributed by atoms with Gasteiger partial charge < -0.3 is 14.6 Å². The number of benzene rings is 1. The van der Waals surface area contributed by atoms with Crippen molar-refractivity contribution >= 4 is 22.7 Å². The van der Waals surface area contributed by atoms with E-state index in [4.69, 9.17) is 9.72 Å². The molecular weight excluding hydrogens is 340 g/mol. The van der Waals surface area contributed by atoms with Crippen LogP contribution in [0, 0.1) is 0 Å². The Kier molecular flexibility index (Phi) is 4.42. The largest absolute Gasteiger partial charge is 0.481 e. The van der Waals surface area contributed by atoms with Gasteiger partial charge in [0.1, 0.15) is 12.2 Å². The van der Waals surface area contributed by atoms with Crippen LogP contribution in [0.15, 0.2) is 55.0 Å². The van der Waals surface area contributed by atoms with Gasteiger partial charge in [-0.1, -0.05) is 18.2 Å². The minimum atomic E-state index is 0.173. The molecular formula is C20H20N6O. The SMILES string of the molecule is COc1ccc(-c2nc3c(Nc4ccccc4)ncnc3n2C(C)C)cn1. The van der Waals surface area contributed by atoms with E-state index in [1.54, 1.807) is 19.6 Å². The van der Waals surface area contributed by atoms with E-state index in [0.29, 0.717) is 11.7 Å². The van der Waals surface area contributed by atoms with Gasteiger partial charge in [-0.2, -0.15) is 0 Å². The summed E-state index contributed by atoms with van der Waals surface area (Å²) < 4.78 is 7.25. The number of nitrogens with one attached hydrogen (secondary N) is 1. The molecule has 7 nitrogen and oxygen atoms in total. The molecule has 0 saturated carbocycles. The molecule has 0 radical (unpaired) electrons. The fourth-order valence-electron chi connectivity index (χ4n) is 2.98. The van der Waals surface area contributed by atoms with E-state index in [-0.39, 0.29) is 6.04 Å². The Balaban J connectivity index is 1.86. The smallest absolute Gasteiger partial charge is 0.212 e. The van der Waals surface area contributed by atoms with Gasteiger partial charge in [0.05, 0.1) is 7.11 Å². The van der Waals surface area contributed by atoms with E-state index in [1.165, 1.54) is 0 Å². The number of nitrogens with zero attached hydrogens (tertiary/aromatic N) is 5. The number of methoxy groups -OCH3 is 1. The van der Waals surface area contributed by atoms with Crippen molar-refractivity contribution in [3.63, 3.8) is 0 Å². The monoisotopic (exact) mass is 360 g/mol. The molecule has 3 heterocycles. The molecule has 4 rings (SSSR count). The maximum absolute atomic E-state index is 5.16. The van der Waals surface area contributed by atoms with E-state index in [0.717, 1.165) is 28.2 Å². The molecule has 0 fully saturated rings. The topological polar surface area (TPSA) is 77.8 Å². The molecule has 4 aromatic rings. The van der Waals surface area contributed by atoms with Crippen molar-refractivity contribution in [1.29, 1.82) is 0 Å². The van der Waals surface area contributed by atoms with Gasteiger partial charge in [-0.05, 0) is 32.0 Å². The van der Waals surface area contributed by atoms with Crippen LogP contribution in [0.3, 0.4) is 0 Å². The predicted octanol–water partition coefficient (Wildman–Crippen LogP) is 4.22. The summed E-state index contributed by atoms with van der Waals surface area (Å²) in [7, 11) is 1.60. The molecule has 27 heavy (non-hydrogen) atoms. The van der Waals surface area contributed by atoms with E-state index in [1.807, 2.05) is 42.5 Å². The predicted molar refractivity (Wildman–Crippen MR) is 105 cm³/mol. The van der Waals surface area contributed by atoms with Gasteiger partial charge in [0.25, 0.3) is 0 Å². The average Bonchev–Trinajstić information content (AvgIpc) is 3.10. The molecule has 136 valence electrons. The Labute approximate surface area is 157 Å². The number of fused-ring (bicyclic) bond motifs is 1. The first-order valence-corrected chi connectivity index (χ1v) is 8.73. The zero-order valence-electron chi connectivity index (χ0n) is 15.4. The van der Waals surface area contributed by atoms with E-state index in [2.05, 4.69) is 38.7 Å². The second-order valence-electron chi connectivity index (χ2n) is 6.37. The van der Waals surface area contributed by atoms with Crippen LogP contribution < -0.4 is 10.1 Å². The lowest BCUT2D eigenvalue weighted by Crippen LogP contribution is -2.04. The van der Waals surface area contributed by atoms with Crippen LogP contribution in [-0.4, -0.2) is 31.6 Å². The van der Waals surface area contributed by atoms with Crippen molar-refractivity contribution in [2.24, 2.45) is 0 Å². The highest BCUT2D eigenvalue weighted by atomic mass is 16.5. The average molecular weight is 360 g/mol. The van der Waals surface area contributed by atoms with Gasteiger partial charge in [0.2, 0.25) is 5.88 Å². The fraction of sp³-hybridized carbons (Fsp3) is 0.200. The summed E-state index contributed by atoms with van der Waals surface area (Å²) in [6.07, 6.45) is 3.32. The Morgan fingerprint density at radius 3 is 2.48 bits per heavy atom. The first-order chi connectivity index (χ1) is 13.2. The molecule has 0 amide bonds. The Bertz CT molecular complexity index is 1060. The first-order valence-electron chi connectivity index (χ1n) is 8.73. The number of imidazole rings is 1. The van der Waals surface area contributed by atoms with Gasteiger partial charge in [0.15, 0.2) is 17.0 Å². The summed E-state index contributed by atoms with van der Waals surface area (Å²) in [5.41, 5.74) is 3.35. The van der Waals surface area contributed by atoms with Crippen LogP contribution in [0.4, 0.5) is 11.5 Å². The number of pyridine rings is 1. The minimum absolute atomic E-state index is 0.173. The highest BCUT2D eigenvalue weighted by molar-refractivity contribution is 5.88. The Hall–Kier alpha value is -3.48. The van der Waals surface area contributed by atoms with E-state index >= 15 is 0 Å². The second kappa shape index (κ2) is 7.03. The molecule has 7 heteroatoms. The number of rotatable bonds is 5. The fourth-order valence-corrected chi connectivity index (χ4v) is 2.98. The molecule has 0 saturated heterocycles. The molecule has 1 aromatic carbocycles. The number of ether oxygens (including phenoxy) is 1. The minimum Gasteiger partial charge on any atom is -0.481 e. The highest BCUT2D eigenvalue weighted by Crippen LogP contribution is 2.31. The van der Waals surface area contributed by atoms with Crippen LogP contribution in [0.25, 0.3) is 22.6 Å². The van der Waals surface area contributed by atoms with Crippen LogP contribution in [0.1, 0.15) is 19.9 Å². The van der Waals surface area contributed by atoms with Crippen molar-refractivity contribution in [2.75, 3.05) is 12.4 Å². The van der Waals surface area contributed by atoms with Crippen molar-refractivity contribution in [3.05, 3.63) is 55.0 Å². The molecule has 0 unspecified atom stereocenters. The maximum Gasteiger partial charge on any atom is 0.212 e. The van der Waals surface area contributed by atoms with Gasteiger partial charge in [-0.15, -0.1) is 0 Å². The van der Waals surface area contributed by atoms with Gasteiger partial charge >= 0.3 is 0 Å². The Morgan fingerprint density at radius 1 is 1.00 bits per heavy atom. The van der Waals surface area contributed by atoms with Crippen molar-refractivity contribution in [1.82, 2.24) is 24.5 Å².